The van der Waals surface area contributed by atoms with E-state index in [2.05, 4.69) is 81.1 Å². The first kappa shape index (κ1) is 26.9. The fourth-order valence-corrected chi connectivity index (χ4v) is 6.04. The van der Waals surface area contributed by atoms with Gasteiger partial charge in [-0.15, -0.1) is 0 Å². The van der Waals surface area contributed by atoms with E-state index in [1.165, 1.54) is 16.8 Å². The van der Waals surface area contributed by atoms with Crippen LogP contribution in [0.2, 0.25) is 0 Å². The first-order valence-electron chi connectivity index (χ1n) is 13.1. The maximum Gasteiger partial charge on any atom is 0.304 e. The average molecular weight is 520 g/mol. The van der Waals surface area contributed by atoms with Crippen LogP contribution in [-0.2, 0) is 28.1 Å². The molecule has 1 fully saturated rings. The molecule has 0 radical (unpaired) electrons. The Morgan fingerprint density at radius 2 is 1.57 bits per heavy atom. The lowest BCUT2D eigenvalue weighted by molar-refractivity contribution is -0.118. The van der Waals surface area contributed by atoms with Crippen molar-refractivity contribution in [1.82, 2.24) is 9.03 Å². The van der Waals surface area contributed by atoms with Crippen molar-refractivity contribution in [2.75, 3.05) is 11.4 Å². The second kappa shape index (κ2) is 11.5. The van der Waals surface area contributed by atoms with Crippen LogP contribution in [-0.4, -0.2) is 31.2 Å². The van der Waals surface area contributed by atoms with Crippen molar-refractivity contribution >= 4 is 21.8 Å². The minimum atomic E-state index is -3.72. The molecule has 0 unspecified atom stereocenters. The third kappa shape index (κ3) is 6.40. The fourth-order valence-electron chi connectivity index (χ4n) is 4.95. The molecule has 1 aliphatic heterocycles. The number of carbonyl (C=O) groups is 1. The molecule has 6 nitrogen and oxygen atoms in total. The molecule has 3 aromatic rings. The minimum absolute atomic E-state index is 0.140. The van der Waals surface area contributed by atoms with Crippen LogP contribution in [0.5, 0.6) is 0 Å². The summed E-state index contributed by atoms with van der Waals surface area (Å²) in [5, 5.41) is 0. The molecule has 0 atom stereocenters. The summed E-state index contributed by atoms with van der Waals surface area (Å²) in [6, 6.07) is 25.8. The Kier molecular flexibility index (Phi) is 8.35. The summed E-state index contributed by atoms with van der Waals surface area (Å²) >= 11 is 0. The van der Waals surface area contributed by atoms with Gasteiger partial charge < -0.3 is 4.90 Å². The number of anilines is 1. The summed E-state index contributed by atoms with van der Waals surface area (Å²) in [5.41, 5.74) is 6.88. The van der Waals surface area contributed by atoms with E-state index in [0.29, 0.717) is 12.0 Å². The molecule has 1 amide bonds. The van der Waals surface area contributed by atoms with Gasteiger partial charge in [-0.25, -0.2) is 4.72 Å². The Labute approximate surface area is 221 Å². The van der Waals surface area contributed by atoms with Crippen molar-refractivity contribution in [2.24, 2.45) is 0 Å². The Morgan fingerprint density at radius 3 is 2.14 bits per heavy atom. The highest BCUT2D eigenvalue weighted by molar-refractivity contribution is 7.88. The standard InChI is InChI=1S/C30H37N3O3S/c1-5-25(6-2)26-14-16-29(17-15-26)33(22(3)4)20-24-8-7-9-28(18-24)27-12-10-23(11-13-27)19-32-21-30(34)31-37(32,35)36/h7-18,22,25H,5-6,19-21H2,1-4H3,(H,31,34). The number of nitrogens with one attached hydrogen (secondary N) is 1. The van der Waals surface area contributed by atoms with Gasteiger partial charge in [0.2, 0.25) is 5.91 Å². The van der Waals surface area contributed by atoms with E-state index in [4.69, 9.17) is 0 Å². The van der Waals surface area contributed by atoms with Crippen molar-refractivity contribution in [1.29, 1.82) is 0 Å². The van der Waals surface area contributed by atoms with Gasteiger partial charge in [-0.1, -0.05) is 68.4 Å². The molecule has 196 valence electrons. The van der Waals surface area contributed by atoms with Gasteiger partial charge in [0.15, 0.2) is 0 Å². The maximum absolute atomic E-state index is 12.0. The zero-order valence-corrected chi connectivity index (χ0v) is 23.0. The highest BCUT2D eigenvalue weighted by atomic mass is 32.2. The van der Waals surface area contributed by atoms with Gasteiger partial charge in [-0.2, -0.15) is 12.7 Å². The summed E-state index contributed by atoms with van der Waals surface area (Å²) in [7, 11) is -3.72. The lowest BCUT2D eigenvalue weighted by atomic mass is 9.94. The Morgan fingerprint density at radius 1 is 0.892 bits per heavy atom. The summed E-state index contributed by atoms with van der Waals surface area (Å²) in [5.74, 6) is 0.120. The number of amides is 1. The largest absolute Gasteiger partial charge is 0.365 e. The zero-order chi connectivity index (χ0) is 26.6. The van der Waals surface area contributed by atoms with E-state index < -0.39 is 16.1 Å². The molecular formula is C30H37N3O3S. The highest BCUT2D eigenvalue weighted by Crippen LogP contribution is 2.28. The van der Waals surface area contributed by atoms with Gasteiger partial charge in [0.05, 0.1) is 6.54 Å². The predicted molar refractivity (Wildman–Crippen MR) is 150 cm³/mol. The number of hydrogen-bond donors (Lipinski definition) is 1. The van der Waals surface area contributed by atoms with E-state index in [1.54, 1.807) is 0 Å². The first-order chi connectivity index (χ1) is 17.7. The van der Waals surface area contributed by atoms with Crippen LogP contribution in [0.3, 0.4) is 0 Å². The molecule has 7 heteroatoms. The molecule has 37 heavy (non-hydrogen) atoms. The van der Waals surface area contributed by atoms with Gasteiger partial charge in [0.1, 0.15) is 0 Å². The molecule has 0 aromatic heterocycles. The smallest absolute Gasteiger partial charge is 0.304 e. The lowest BCUT2D eigenvalue weighted by Gasteiger charge is -2.30. The van der Waals surface area contributed by atoms with Crippen LogP contribution in [0.25, 0.3) is 11.1 Å². The van der Waals surface area contributed by atoms with Crippen LogP contribution in [0.4, 0.5) is 5.69 Å². The molecule has 0 bridgehead atoms. The molecule has 0 saturated carbocycles. The quantitative estimate of drug-likeness (QED) is 0.365. The van der Waals surface area contributed by atoms with Crippen molar-refractivity contribution in [3.8, 4) is 11.1 Å². The number of rotatable bonds is 10. The molecule has 1 saturated heterocycles. The van der Waals surface area contributed by atoms with Gasteiger partial charge >= 0.3 is 10.2 Å². The molecular weight excluding hydrogens is 482 g/mol. The van der Waals surface area contributed by atoms with Gasteiger partial charge in [-0.05, 0) is 78.6 Å². The molecule has 1 aliphatic rings. The summed E-state index contributed by atoms with van der Waals surface area (Å²) in [6.45, 7) is 9.78. The third-order valence-corrected chi connectivity index (χ3v) is 8.56. The Balaban J connectivity index is 1.48. The van der Waals surface area contributed by atoms with Gasteiger partial charge in [0.25, 0.3) is 0 Å². The van der Waals surface area contributed by atoms with Crippen molar-refractivity contribution in [2.45, 2.75) is 65.6 Å². The molecule has 0 spiro atoms. The summed E-state index contributed by atoms with van der Waals surface area (Å²) in [6.07, 6.45) is 2.32. The van der Waals surface area contributed by atoms with Crippen LogP contribution >= 0.6 is 0 Å². The van der Waals surface area contributed by atoms with E-state index in [1.807, 2.05) is 29.0 Å². The zero-order valence-electron chi connectivity index (χ0n) is 22.1. The normalized spacial score (nSPS) is 15.4. The van der Waals surface area contributed by atoms with Crippen LogP contribution in [0.1, 0.15) is 63.1 Å². The van der Waals surface area contributed by atoms with Crippen LogP contribution < -0.4 is 9.62 Å². The Bertz CT molecular complexity index is 1310. The molecule has 3 aromatic carbocycles. The van der Waals surface area contributed by atoms with Gasteiger partial charge in [0, 0.05) is 24.8 Å². The van der Waals surface area contributed by atoms with Crippen molar-refractivity contribution in [3.05, 3.63) is 89.5 Å². The first-order valence-corrected chi connectivity index (χ1v) is 14.5. The van der Waals surface area contributed by atoms with E-state index in [-0.39, 0.29) is 13.1 Å². The minimum Gasteiger partial charge on any atom is -0.365 e. The van der Waals surface area contributed by atoms with E-state index >= 15 is 0 Å². The van der Waals surface area contributed by atoms with Gasteiger partial charge in [-0.3, -0.25) is 4.79 Å². The second-order valence-corrected chi connectivity index (χ2v) is 11.7. The van der Waals surface area contributed by atoms with Crippen LogP contribution in [0, 0.1) is 0 Å². The molecule has 4 rings (SSSR count). The van der Waals surface area contributed by atoms with Crippen LogP contribution in [0.15, 0.2) is 72.8 Å². The third-order valence-electron chi connectivity index (χ3n) is 7.13. The predicted octanol–water partition coefficient (Wildman–Crippen LogP) is 5.85. The molecule has 0 aliphatic carbocycles. The second-order valence-electron chi connectivity index (χ2n) is 10.0. The topological polar surface area (TPSA) is 69.7 Å². The van der Waals surface area contributed by atoms with Crippen molar-refractivity contribution < 1.29 is 13.2 Å². The SMILES string of the molecule is CCC(CC)c1ccc(N(Cc2cccc(-c3ccc(CN4CC(=O)NS4(=O)=O)cc3)c2)C(C)C)cc1. The average Bonchev–Trinajstić information content (AvgIpc) is 3.14. The van der Waals surface area contributed by atoms with E-state index in [9.17, 15) is 13.2 Å². The number of hydrogen-bond acceptors (Lipinski definition) is 4. The molecule has 1 heterocycles. The lowest BCUT2D eigenvalue weighted by Crippen LogP contribution is -2.30. The highest BCUT2D eigenvalue weighted by Gasteiger charge is 2.33. The monoisotopic (exact) mass is 519 g/mol. The maximum atomic E-state index is 12.0. The molecule has 1 N–H and O–H groups in total. The summed E-state index contributed by atoms with van der Waals surface area (Å²) < 4.78 is 27.2. The Hall–Kier alpha value is -3.16. The summed E-state index contributed by atoms with van der Waals surface area (Å²) in [4.78, 5) is 13.9. The number of carbonyl (C=O) groups excluding carboxylic acids is 1. The van der Waals surface area contributed by atoms with E-state index in [0.717, 1.165) is 40.4 Å². The van der Waals surface area contributed by atoms with Crippen molar-refractivity contribution in [3.63, 3.8) is 0 Å². The number of benzene rings is 3. The fraction of sp³-hybridized carbons (Fsp3) is 0.367. The number of nitrogens with zero attached hydrogens (tertiary/aromatic N) is 2.